The Labute approximate surface area is 99.0 Å². The minimum absolute atomic E-state index is 0.501. The van der Waals surface area contributed by atoms with Crippen molar-refractivity contribution in [1.29, 1.82) is 0 Å². The van der Waals surface area contributed by atoms with E-state index in [1.807, 2.05) is 25.1 Å². The average Bonchev–Trinajstić information content (AvgIpc) is 2.29. The number of nitrogens with one attached hydrogen (secondary N) is 1. The molecule has 0 aromatic heterocycles. The largest absolute Gasteiger partial charge is 0.492 e. The highest BCUT2D eigenvalue weighted by Crippen LogP contribution is 2.24. The van der Waals surface area contributed by atoms with Crippen molar-refractivity contribution < 1.29 is 4.74 Å². The van der Waals surface area contributed by atoms with Gasteiger partial charge in [0.15, 0.2) is 0 Å². The quantitative estimate of drug-likeness (QED) is 0.749. The molecule has 16 heavy (non-hydrogen) atoms. The van der Waals surface area contributed by atoms with E-state index in [9.17, 15) is 0 Å². The monoisotopic (exact) mass is 221 g/mol. The first kappa shape index (κ1) is 12.9. The molecule has 2 heteroatoms. The smallest absolute Gasteiger partial charge is 0.142 e. The van der Waals surface area contributed by atoms with Crippen molar-refractivity contribution in [1.82, 2.24) is 0 Å². The van der Waals surface area contributed by atoms with Gasteiger partial charge in [-0.15, -0.1) is 0 Å². The van der Waals surface area contributed by atoms with Crippen molar-refractivity contribution in [2.75, 3.05) is 11.9 Å². The summed E-state index contributed by atoms with van der Waals surface area (Å²) in [5.41, 5.74) is 1.10. The Bertz CT molecular complexity index is 299. The molecule has 1 N–H and O–H groups in total. The summed E-state index contributed by atoms with van der Waals surface area (Å²) in [5, 5.41) is 3.51. The van der Waals surface area contributed by atoms with Crippen LogP contribution in [0.4, 0.5) is 5.69 Å². The van der Waals surface area contributed by atoms with Gasteiger partial charge >= 0.3 is 0 Å². The number of anilines is 1. The van der Waals surface area contributed by atoms with Crippen molar-refractivity contribution in [3.8, 4) is 5.75 Å². The van der Waals surface area contributed by atoms with E-state index >= 15 is 0 Å². The highest BCUT2D eigenvalue weighted by Gasteiger charge is 2.05. The maximum Gasteiger partial charge on any atom is 0.142 e. The molecule has 0 aliphatic carbocycles. The zero-order chi connectivity index (χ0) is 11.8. The fraction of sp³-hybridized carbons (Fsp3) is 0.571. The van der Waals surface area contributed by atoms with Crippen LogP contribution in [0.1, 0.15) is 40.0 Å². The highest BCUT2D eigenvalue weighted by atomic mass is 16.5. The van der Waals surface area contributed by atoms with Gasteiger partial charge in [0.05, 0.1) is 12.3 Å². The van der Waals surface area contributed by atoms with Crippen molar-refractivity contribution >= 4 is 5.69 Å². The normalized spacial score (nSPS) is 12.2. The van der Waals surface area contributed by atoms with Crippen LogP contribution in [0.3, 0.4) is 0 Å². The van der Waals surface area contributed by atoms with E-state index in [0.29, 0.717) is 12.6 Å². The zero-order valence-corrected chi connectivity index (χ0v) is 10.6. The molecule has 0 amide bonds. The summed E-state index contributed by atoms with van der Waals surface area (Å²) < 4.78 is 5.58. The van der Waals surface area contributed by atoms with Gasteiger partial charge < -0.3 is 10.1 Å². The molecular weight excluding hydrogens is 198 g/mol. The van der Waals surface area contributed by atoms with Gasteiger partial charge in [0.1, 0.15) is 5.75 Å². The number of hydrogen-bond donors (Lipinski definition) is 1. The molecule has 1 rings (SSSR count). The molecule has 1 aromatic carbocycles. The fourth-order valence-corrected chi connectivity index (χ4v) is 1.72. The van der Waals surface area contributed by atoms with Crippen molar-refractivity contribution in [2.24, 2.45) is 0 Å². The van der Waals surface area contributed by atoms with Crippen LogP contribution in [0.15, 0.2) is 24.3 Å². The molecule has 0 aliphatic rings. The lowest BCUT2D eigenvalue weighted by Gasteiger charge is -2.17. The molecule has 0 spiro atoms. The Balaban J connectivity index is 2.57. The molecule has 1 unspecified atom stereocenters. The summed E-state index contributed by atoms with van der Waals surface area (Å²) in [6, 6.07) is 8.64. The summed E-state index contributed by atoms with van der Waals surface area (Å²) in [6.07, 6.45) is 3.72. The number of rotatable bonds is 7. The minimum Gasteiger partial charge on any atom is -0.492 e. The van der Waals surface area contributed by atoms with Crippen LogP contribution in [-0.2, 0) is 0 Å². The summed E-state index contributed by atoms with van der Waals surface area (Å²) in [5.74, 6) is 0.952. The van der Waals surface area contributed by atoms with Crippen molar-refractivity contribution in [3.05, 3.63) is 24.3 Å². The van der Waals surface area contributed by atoms with E-state index in [0.717, 1.165) is 11.4 Å². The second kappa shape index (κ2) is 7.15. The number of hydrogen-bond acceptors (Lipinski definition) is 2. The maximum atomic E-state index is 5.58. The van der Waals surface area contributed by atoms with Crippen LogP contribution < -0.4 is 10.1 Å². The van der Waals surface area contributed by atoms with Gasteiger partial charge in [0.25, 0.3) is 0 Å². The van der Waals surface area contributed by atoms with Gasteiger partial charge in [-0.05, 0) is 32.4 Å². The Kier molecular flexibility index (Phi) is 5.76. The van der Waals surface area contributed by atoms with Crippen LogP contribution in [0, 0.1) is 0 Å². The van der Waals surface area contributed by atoms with Crippen LogP contribution >= 0.6 is 0 Å². The van der Waals surface area contributed by atoms with Gasteiger partial charge in [0.2, 0.25) is 0 Å². The predicted molar refractivity (Wildman–Crippen MR) is 70.2 cm³/mol. The third-order valence-corrected chi connectivity index (χ3v) is 2.58. The molecular formula is C14H23NO. The first-order chi connectivity index (χ1) is 7.77. The fourth-order valence-electron chi connectivity index (χ4n) is 1.72. The second-order valence-corrected chi connectivity index (χ2v) is 4.12. The molecule has 0 aliphatic heterocycles. The Hall–Kier alpha value is -1.18. The van der Waals surface area contributed by atoms with Gasteiger partial charge in [-0.3, -0.25) is 0 Å². The van der Waals surface area contributed by atoms with Gasteiger partial charge in [-0.1, -0.05) is 31.9 Å². The zero-order valence-electron chi connectivity index (χ0n) is 10.6. The molecule has 0 heterocycles. The minimum atomic E-state index is 0.501. The Morgan fingerprint density at radius 1 is 1.25 bits per heavy atom. The van der Waals surface area contributed by atoms with Crippen LogP contribution in [0.5, 0.6) is 5.75 Å². The second-order valence-electron chi connectivity index (χ2n) is 4.12. The van der Waals surface area contributed by atoms with Crippen molar-refractivity contribution in [2.45, 2.75) is 46.1 Å². The molecule has 1 aromatic rings. The molecule has 1 atom stereocenters. The highest BCUT2D eigenvalue weighted by molar-refractivity contribution is 5.56. The Morgan fingerprint density at radius 3 is 2.69 bits per heavy atom. The molecule has 0 fully saturated rings. The third-order valence-electron chi connectivity index (χ3n) is 2.58. The average molecular weight is 221 g/mol. The van der Waals surface area contributed by atoms with E-state index in [1.54, 1.807) is 0 Å². The standard InChI is InChI=1S/C14H23NO/c1-4-6-9-12(3)15-13-10-7-8-11-14(13)16-5-2/h7-8,10-12,15H,4-6,9H2,1-3H3. The molecule has 0 radical (unpaired) electrons. The van der Waals surface area contributed by atoms with Gasteiger partial charge in [-0.2, -0.15) is 0 Å². The van der Waals surface area contributed by atoms with E-state index < -0.39 is 0 Å². The maximum absolute atomic E-state index is 5.58. The summed E-state index contributed by atoms with van der Waals surface area (Å²) in [7, 11) is 0. The molecule has 0 bridgehead atoms. The lowest BCUT2D eigenvalue weighted by molar-refractivity contribution is 0.341. The first-order valence-electron chi connectivity index (χ1n) is 6.26. The van der Waals surface area contributed by atoms with E-state index in [-0.39, 0.29) is 0 Å². The number of benzene rings is 1. The molecule has 0 saturated heterocycles. The summed E-state index contributed by atoms with van der Waals surface area (Å²) in [6.45, 7) is 7.17. The molecule has 2 nitrogen and oxygen atoms in total. The molecule has 90 valence electrons. The Morgan fingerprint density at radius 2 is 2.00 bits per heavy atom. The number of para-hydroxylation sites is 2. The first-order valence-corrected chi connectivity index (χ1v) is 6.26. The van der Waals surface area contributed by atoms with E-state index in [4.69, 9.17) is 4.74 Å². The molecule has 0 saturated carbocycles. The summed E-state index contributed by atoms with van der Waals surface area (Å²) >= 11 is 0. The van der Waals surface area contributed by atoms with Crippen LogP contribution in [0.2, 0.25) is 0 Å². The SMILES string of the molecule is CCCCC(C)Nc1ccccc1OCC. The summed E-state index contributed by atoms with van der Waals surface area (Å²) in [4.78, 5) is 0. The van der Waals surface area contributed by atoms with Crippen molar-refractivity contribution in [3.63, 3.8) is 0 Å². The van der Waals surface area contributed by atoms with E-state index in [1.165, 1.54) is 19.3 Å². The topological polar surface area (TPSA) is 21.3 Å². The van der Waals surface area contributed by atoms with Crippen LogP contribution in [0.25, 0.3) is 0 Å². The lowest BCUT2D eigenvalue weighted by atomic mass is 10.1. The number of ether oxygens (including phenoxy) is 1. The lowest BCUT2D eigenvalue weighted by Crippen LogP contribution is -2.15. The predicted octanol–water partition coefficient (Wildman–Crippen LogP) is 4.08. The van der Waals surface area contributed by atoms with Gasteiger partial charge in [-0.25, -0.2) is 0 Å². The number of unbranched alkanes of at least 4 members (excludes halogenated alkanes) is 1. The van der Waals surface area contributed by atoms with Gasteiger partial charge in [0, 0.05) is 6.04 Å². The van der Waals surface area contributed by atoms with Crippen LogP contribution in [-0.4, -0.2) is 12.6 Å². The van der Waals surface area contributed by atoms with E-state index in [2.05, 4.69) is 25.2 Å². The third kappa shape index (κ3) is 4.13.